The van der Waals surface area contributed by atoms with E-state index < -0.39 is 0 Å². The summed E-state index contributed by atoms with van der Waals surface area (Å²) < 4.78 is 1.80. The summed E-state index contributed by atoms with van der Waals surface area (Å²) in [5, 5.41) is 13.0. The van der Waals surface area contributed by atoms with Crippen molar-refractivity contribution in [2.45, 2.75) is 19.9 Å². The summed E-state index contributed by atoms with van der Waals surface area (Å²) in [5.41, 5.74) is 4.09. The molecule has 1 aliphatic heterocycles. The van der Waals surface area contributed by atoms with Crippen LogP contribution in [0.15, 0.2) is 77.6 Å². The molecule has 4 aromatic rings. The lowest BCUT2D eigenvalue weighted by atomic mass is 10.0. The molecule has 154 valence electrons. The molecule has 1 aliphatic rings. The lowest BCUT2D eigenvalue weighted by molar-refractivity contribution is -0.113. The Morgan fingerprint density at radius 1 is 1.13 bits per heavy atom. The third-order valence-corrected chi connectivity index (χ3v) is 6.06. The molecule has 31 heavy (non-hydrogen) atoms. The van der Waals surface area contributed by atoms with Crippen molar-refractivity contribution in [2.24, 2.45) is 0 Å². The van der Waals surface area contributed by atoms with E-state index >= 15 is 0 Å². The molecule has 0 aliphatic carbocycles. The van der Waals surface area contributed by atoms with Crippen LogP contribution in [0.1, 0.15) is 23.4 Å². The van der Waals surface area contributed by atoms with E-state index in [1.165, 1.54) is 5.56 Å². The van der Waals surface area contributed by atoms with Crippen LogP contribution in [-0.2, 0) is 4.79 Å². The molecule has 4 heterocycles. The van der Waals surface area contributed by atoms with Gasteiger partial charge in [0.1, 0.15) is 6.04 Å². The minimum Gasteiger partial charge on any atom is -0.328 e. The summed E-state index contributed by atoms with van der Waals surface area (Å²) in [4.78, 5) is 23.1. The van der Waals surface area contributed by atoms with E-state index in [4.69, 9.17) is 10.1 Å². The van der Waals surface area contributed by atoms with Crippen molar-refractivity contribution in [3.63, 3.8) is 0 Å². The Labute approximate surface area is 183 Å². The first-order chi connectivity index (χ1) is 15.1. The number of pyridine rings is 1. The molecule has 1 unspecified atom stereocenters. The zero-order chi connectivity index (χ0) is 21.4. The molecule has 0 fully saturated rings. The van der Waals surface area contributed by atoms with Crippen molar-refractivity contribution in [2.75, 3.05) is 10.6 Å². The number of amides is 1. The number of aryl methyl sites for hydroxylation is 1. The van der Waals surface area contributed by atoms with Crippen LogP contribution >= 0.6 is 11.3 Å². The van der Waals surface area contributed by atoms with Crippen molar-refractivity contribution in [3.8, 4) is 11.4 Å². The van der Waals surface area contributed by atoms with Crippen LogP contribution in [-0.4, -0.2) is 25.7 Å². The fraction of sp³-hybridized carbons (Fsp3) is 0.130. The van der Waals surface area contributed by atoms with Crippen LogP contribution < -0.4 is 10.6 Å². The molecule has 3 aromatic heterocycles. The van der Waals surface area contributed by atoms with Crippen molar-refractivity contribution in [1.29, 1.82) is 0 Å². The average Bonchev–Trinajstić information content (AvgIpc) is 3.44. The highest BCUT2D eigenvalue weighted by molar-refractivity contribution is 7.10. The number of benzene rings is 1. The topological polar surface area (TPSA) is 84.7 Å². The van der Waals surface area contributed by atoms with Gasteiger partial charge in [-0.25, -0.2) is 4.68 Å². The van der Waals surface area contributed by atoms with Gasteiger partial charge >= 0.3 is 0 Å². The number of hydrogen-bond acceptors (Lipinski definition) is 6. The van der Waals surface area contributed by atoms with Crippen molar-refractivity contribution < 1.29 is 4.79 Å². The SMILES string of the molecule is CC1=C(C(=O)Nc2cccnc2)C(c2cccs2)n2nc(-c3ccc(C)cc3)nc2N1. The molecule has 5 rings (SSSR count). The maximum atomic E-state index is 13.3. The van der Waals surface area contributed by atoms with Gasteiger partial charge in [-0.15, -0.1) is 16.4 Å². The summed E-state index contributed by atoms with van der Waals surface area (Å²) >= 11 is 1.59. The van der Waals surface area contributed by atoms with E-state index in [1.807, 2.05) is 61.7 Å². The van der Waals surface area contributed by atoms with E-state index in [1.54, 1.807) is 34.5 Å². The second-order valence-electron chi connectivity index (χ2n) is 7.35. The quantitative estimate of drug-likeness (QED) is 0.495. The molecule has 2 N–H and O–H groups in total. The highest BCUT2D eigenvalue weighted by Gasteiger charge is 2.35. The lowest BCUT2D eigenvalue weighted by Crippen LogP contribution is -2.31. The highest BCUT2D eigenvalue weighted by Crippen LogP contribution is 2.38. The van der Waals surface area contributed by atoms with Crippen molar-refractivity contribution >= 4 is 28.9 Å². The van der Waals surface area contributed by atoms with Gasteiger partial charge < -0.3 is 10.6 Å². The number of allylic oxidation sites excluding steroid dienone is 1. The third kappa shape index (κ3) is 3.62. The standard InChI is InChI=1S/C23H20N6OS/c1-14-7-9-16(10-8-14)21-27-23-25-15(2)19(22(30)26-17-5-3-11-24-13-17)20(29(23)28-21)18-6-4-12-31-18/h3-13,20H,1-2H3,(H,26,30)(H,25,27,28). The number of anilines is 2. The molecule has 0 bridgehead atoms. The predicted molar refractivity (Wildman–Crippen MR) is 122 cm³/mol. The fourth-order valence-corrected chi connectivity index (χ4v) is 4.43. The number of carbonyl (C=O) groups is 1. The van der Waals surface area contributed by atoms with Crippen molar-refractivity contribution in [3.05, 3.63) is 88.0 Å². The summed E-state index contributed by atoms with van der Waals surface area (Å²) in [6, 6.07) is 15.3. The Hall–Kier alpha value is -3.78. The van der Waals surface area contributed by atoms with Gasteiger partial charge in [0.25, 0.3) is 5.91 Å². The second-order valence-corrected chi connectivity index (χ2v) is 8.33. The molecular weight excluding hydrogens is 408 g/mol. The van der Waals surface area contributed by atoms with Crippen molar-refractivity contribution in [1.82, 2.24) is 19.7 Å². The number of thiophene rings is 1. The summed E-state index contributed by atoms with van der Waals surface area (Å²) in [6.07, 6.45) is 3.30. The number of carbonyl (C=O) groups excluding carboxylic acids is 1. The number of aromatic nitrogens is 4. The summed E-state index contributed by atoms with van der Waals surface area (Å²) in [7, 11) is 0. The van der Waals surface area contributed by atoms with Gasteiger partial charge in [0.2, 0.25) is 5.95 Å². The first-order valence-electron chi connectivity index (χ1n) is 9.86. The fourth-order valence-electron chi connectivity index (χ4n) is 3.62. The van der Waals surface area contributed by atoms with E-state index in [9.17, 15) is 4.79 Å². The molecule has 0 saturated heterocycles. The van der Waals surface area contributed by atoms with Gasteiger partial charge in [-0.1, -0.05) is 35.9 Å². The maximum Gasteiger partial charge on any atom is 0.255 e. The van der Waals surface area contributed by atoms with Gasteiger partial charge in [0.15, 0.2) is 5.82 Å². The summed E-state index contributed by atoms with van der Waals surface area (Å²) in [6.45, 7) is 3.94. The Balaban J connectivity index is 1.57. The average molecular weight is 429 g/mol. The van der Waals surface area contributed by atoms with Gasteiger partial charge in [0, 0.05) is 22.3 Å². The van der Waals surface area contributed by atoms with Crippen LogP contribution in [0.5, 0.6) is 0 Å². The largest absolute Gasteiger partial charge is 0.328 e. The molecule has 7 nitrogen and oxygen atoms in total. The molecule has 1 atom stereocenters. The van der Waals surface area contributed by atoms with Crippen LogP contribution in [0.4, 0.5) is 11.6 Å². The Morgan fingerprint density at radius 3 is 2.68 bits per heavy atom. The molecule has 0 saturated carbocycles. The number of rotatable bonds is 4. The first-order valence-corrected chi connectivity index (χ1v) is 10.7. The lowest BCUT2D eigenvalue weighted by Gasteiger charge is -2.27. The maximum absolute atomic E-state index is 13.3. The second kappa shape index (κ2) is 7.81. The highest BCUT2D eigenvalue weighted by atomic mass is 32.1. The minimum absolute atomic E-state index is 0.200. The van der Waals surface area contributed by atoms with E-state index in [0.717, 1.165) is 16.1 Å². The van der Waals surface area contributed by atoms with Gasteiger partial charge in [0.05, 0.1) is 17.5 Å². The Morgan fingerprint density at radius 2 is 1.97 bits per heavy atom. The zero-order valence-corrected chi connectivity index (χ0v) is 17.9. The summed E-state index contributed by atoms with van der Waals surface area (Å²) in [5.74, 6) is 1.03. The molecule has 8 heteroatoms. The van der Waals surface area contributed by atoms with Gasteiger partial charge in [-0.3, -0.25) is 9.78 Å². The Kier molecular flexibility index (Phi) is 4.83. The molecule has 1 amide bonds. The Bertz CT molecular complexity index is 1260. The van der Waals surface area contributed by atoms with E-state index in [2.05, 4.69) is 15.6 Å². The molecular formula is C23H20N6OS. The van der Waals surface area contributed by atoms with E-state index in [0.29, 0.717) is 23.0 Å². The van der Waals surface area contributed by atoms with Gasteiger partial charge in [-0.05, 0) is 37.4 Å². The van der Waals surface area contributed by atoms with Gasteiger partial charge in [-0.2, -0.15) is 4.98 Å². The monoisotopic (exact) mass is 428 g/mol. The van der Waals surface area contributed by atoms with Crippen LogP contribution in [0, 0.1) is 6.92 Å². The molecule has 0 spiro atoms. The first kappa shape index (κ1) is 19.2. The number of hydrogen-bond donors (Lipinski definition) is 2. The molecule has 0 radical (unpaired) electrons. The minimum atomic E-state index is -0.375. The van der Waals surface area contributed by atoms with Crippen LogP contribution in [0.2, 0.25) is 0 Å². The third-order valence-electron chi connectivity index (χ3n) is 5.14. The van der Waals surface area contributed by atoms with Crippen LogP contribution in [0.3, 0.4) is 0 Å². The number of nitrogens with zero attached hydrogens (tertiary/aromatic N) is 4. The molecule has 1 aromatic carbocycles. The van der Waals surface area contributed by atoms with Crippen LogP contribution in [0.25, 0.3) is 11.4 Å². The number of fused-ring (bicyclic) bond motifs is 1. The normalized spacial score (nSPS) is 15.4. The predicted octanol–water partition coefficient (Wildman–Crippen LogP) is 4.64. The zero-order valence-electron chi connectivity index (χ0n) is 17.0. The smallest absolute Gasteiger partial charge is 0.255 e. The van der Waals surface area contributed by atoms with E-state index in [-0.39, 0.29) is 11.9 Å². The number of nitrogens with one attached hydrogen (secondary N) is 2.